The summed E-state index contributed by atoms with van der Waals surface area (Å²) in [4.78, 5) is 8.30. The number of nitrogens with one attached hydrogen (secondary N) is 1. The lowest BCUT2D eigenvalue weighted by molar-refractivity contribution is 0.855. The van der Waals surface area contributed by atoms with Crippen LogP contribution in [-0.2, 0) is 0 Å². The highest BCUT2D eigenvalue weighted by Gasteiger charge is 2.14. The SMILES string of the molecule is CC(C)c1c(N)ncnc1Nc1ccc(Cl)cc1Br. The molecule has 1 heterocycles. The molecule has 0 saturated heterocycles. The Morgan fingerprint density at radius 1 is 1.32 bits per heavy atom. The number of benzene rings is 1. The highest BCUT2D eigenvalue weighted by Crippen LogP contribution is 2.32. The predicted octanol–water partition coefficient (Wildman–Crippen LogP) is 4.34. The quantitative estimate of drug-likeness (QED) is 0.871. The van der Waals surface area contributed by atoms with E-state index in [1.807, 2.05) is 18.2 Å². The molecule has 1 aromatic carbocycles. The predicted molar refractivity (Wildman–Crippen MR) is 83.0 cm³/mol. The first-order chi connectivity index (χ1) is 8.99. The zero-order valence-electron chi connectivity index (χ0n) is 10.6. The number of anilines is 3. The Kier molecular flexibility index (Phi) is 4.27. The molecular weight excluding hydrogens is 328 g/mol. The van der Waals surface area contributed by atoms with Crippen molar-refractivity contribution < 1.29 is 0 Å². The fraction of sp³-hybridized carbons (Fsp3) is 0.231. The van der Waals surface area contributed by atoms with E-state index in [1.54, 1.807) is 0 Å². The zero-order chi connectivity index (χ0) is 14.0. The summed E-state index contributed by atoms with van der Waals surface area (Å²) < 4.78 is 0.867. The van der Waals surface area contributed by atoms with E-state index in [-0.39, 0.29) is 5.92 Å². The van der Waals surface area contributed by atoms with Crippen LogP contribution >= 0.6 is 27.5 Å². The van der Waals surface area contributed by atoms with Gasteiger partial charge in [0.15, 0.2) is 0 Å². The van der Waals surface area contributed by atoms with E-state index in [9.17, 15) is 0 Å². The number of rotatable bonds is 3. The Bertz CT molecular complexity index is 601. The van der Waals surface area contributed by atoms with Crippen molar-refractivity contribution in [3.05, 3.63) is 39.6 Å². The van der Waals surface area contributed by atoms with Crippen molar-refractivity contribution in [2.24, 2.45) is 0 Å². The summed E-state index contributed by atoms with van der Waals surface area (Å²) in [5, 5.41) is 3.92. The molecule has 0 aliphatic carbocycles. The van der Waals surface area contributed by atoms with Crippen LogP contribution in [0, 0.1) is 0 Å². The van der Waals surface area contributed by atoms with Gasteiger partial charge in [0.05, 0.1) is 5.69 Å². The minimum absolute atomic E-state index is 0.231. The van der Waals surface area contributed by atoms with Gasteiger partial charge in [-0.2, -0.15) is 0 Å². The van der Waals surface area contributed by atoms with Crippen LogP contribution in [0.5, 0.6) is 0 Å². The van der Waals surface area contributed by atoms with Crippen LogP contribution in [0.2, 0.25) is 5.02 Å². The second kappa shape index (κ2) is 5.75. The number of aromatic nitrogens is 2. The van der Waals surface area contributed by atoms with E-state index in [2.05, 4.69) is 45.1 Å². The molecule has 0 atom stereocenters. The van der Waals surface area contributed by atoms with Crippen molar-refractivity contribution in [2.45, 2.75) is 19.8 Å². The van der Waals surface area contributed by atoms with Crippen molar-refractivity contribution in [1.29, 1.82) is 0 Å². The molecule has 6 heteroatoms. The number of halogens is 2. The summed E-state index contributed by atoms with van der Waals surface area (Å²) in [6.07, 6.45) is 1.45. The highest BCUT2D eigenvalue weighted by atomic mass is 79.9. The smallest absolute Gasteiger partial charge is 0.139 e. The van der Waals surface area contributed by atoms with E-state index in [1.165, 1.54) is 6.33 Å². The van der Waals surface area contributed by atoms with Crippen LogP contribution in [0.4, 0.5) is 17.3 Å². The van der Waals surface area contributed by atoms with E-state index in [4.69, 9.17) is 17.3 Å². The third-order valence-corrected chi connectivity index (χ3v) is 3.57. The van der Waals surface area contributed by atoms with Crippen molar-refractivity contribution >= 4 is 44.9 Å². The minimum Gasteiger partial charge on any atom is -0.383 e. The molecule has 0 aliphatic rings. The summed E-state index contributed by atoms with van der Waals surface area (Å²) in [6, 6.07) is 5.52. The molecule has 1 aromatic heterocycles. The van der Waals surface area contributed by atoms with Gasteiger partial charge in [-0.15, -0.1) is 0 Å². The molecule has 0 bridgehead atoms. The average molecular weight is 342 g/mol. The number of nitrogen functional groups attached to an aromatic ring is 1. The van der Waals surface area contributed by atoms with Gasteiger partial charge in [-0.1, -0.05) is 25.4 Å². The number of nitrogens with zero attached hydrogens (tertiary/aromatic N) is 2. The zero-order valence-corrected chi connectivity index (χ0v) is 13.0. The van der Waals surface area contributed by atoms with Gasteiger partial charge in [0, 0.05) is 15.1 Å². The number of hydrogen-bond donors (Lipinski definition) is 2. The Labute approximate surface area is 125 Å². The maximum atomic E-state index is 5.92. The molecule has 0 radical (unpaired) electrons. The molecule has 4 nitrogen and oxygen atoms in total. The molecule has 0 spiro atoms. The van der Waals surface area contributed by atoms with Gasteiger partial charge >= 0.3 is 0 Å². The van der Waals surface area contributed by atoms with Gasteiger partial charge in [-0.25, -0.2) is 9.97 Å². The lowest BCUT2D eigenvalue weighted by Crippen LogP contribution is -2.06. The third kappa shape index (κ3) is 3.16. The molecule has 0 unspecified atom stereocenters. The highest BCUT2D eigenvalue weighted by molar-refractivity contribution is 9.10. The Balaban J connectivity index is 2.41. The average Bonchev–Trinajstić information content (AvgIpc) is 2.32. The monoisotopic (exact) mass is 340 g/mol. The Morgan fingerprint density at radius 3 is 2.68 bits per heavy atom. The first-order valence-electron chi connectivity index (χ1n) is 5.81. The summed E-state index contributed by atoms with van der Waals surface area (Å²) in [7, 11) is 0. The van der Waals surface area contributed by atoms with Gasteiger partial charge in [-0.3, -0.25) is 0 Å². The summed E-state index contributed by atoms with van der Waals surface area (Å²) in [6.45, 7) is 4.11. The topological polar surface area (TPSA) is 63.8 Å². The first-order valence-corrected chi connectivity index (χ1v) is 6.98. The normalized spacial score (nSPS) is 10.8. The van der Waals surface area contributed by atoms with Gasteiger partial charge < -0.3 is 11.1 Å². The van der Waals surface area contributed by atoms with E-state index in [0.717, 1.165) is 15.7 Å². The van der Waals surface area contributed by atoms with E-state index in [0.29, 0.717) is 16.7 Å². The van der Waals surface area contributed by atoms with Gasteiger partial charge in [0.25, 0.3) is 0 Å². The van der Waals surface area contributed by atoms with Crippen molar-refractivity contribution in [3.63, 3.8) is 0 Å². The molecule has 0 fully saturated rings. The van der Waals surface area contributed by atoms with E-state index >= 15 is 0 Å². The second-order valence-electron chi connectivity index (χ2n) is 4.43. The fourth-order valence-corrected chi connectivity index (χ4v) is 2.58. The fourth-order valence-electron chi connectivity index (χ4n) is 1.80. The van der Waals surface area contributed by atoms with Crippen LogP contribution in [0.25, 0.3) is 0 Å². The summed E-state index contributed by atoms with van der Waals surface area (Å²) in [5.41, 5.74) is 7.70. The molecule has 0 aliphatic heterocycles. The molecule has 19 heavy (non-hydrogen) atoms. The maximum Gasteiger partial charge on any atom is 0.139 e. The first kappa shape index (κ1) is 14.1. The third-order valence-electron chi connectivity index (χ3n) is 2.68. The number of hydrogen-bond acceptors (Lipinski definition) is 4. The number of nitrogens with two attached hydrogens (primary N) is 1. The van der Waals surface area contributed by atoms with Gasteiger partial charge in [0.2, 0.25) is 0 Å². The standard InChI is InChI=1S/C13H14BrClN4/c1-7(2)11-12(16)17-6-18-13(11)19-10-4-3-8(15)5-9(10)14/h3-7H,1-2H3,(H3,16,17,18,19). The maximum absolute atomic E-state index is 5.92. The van der Waals surface area contributed by atoms with Crippen molar-refractivity contribution in [3.8, 4) is 0 Å². The lowest BCUT2D eigenvalue weighted by Gasteiger charge is -2.15. The summed E-state index contributed by atoms with van der Waals surface area (Å²) in [5.74, 6) is 1.44. The van der Waals surface area contributed by atoms with Crippen LogP contribution < -0.4 is 11.1 Å². The van der Waals surface area contributed by atoms with Crippen molar-refractivity contribution in [1.82, 2.24) is 9.97 Å². The molecule has 2 rings (SSSR count). The second-order valence-corrected chi connectivity index (χ2v) is 5.72. The lowest BCUT2D eigenvalue weighted by atomic mass is 10.0. The van der Waals surface area contributed by atoms with Crippen molar-refractivity contribution in [2.75, 3.05) is 11.1 Å². The molecule has 0 amide bonds. The molecule has 2 aromatic rings. The van der Waals surface area contributed by atoms with Gasteiger partial charge in [0.1, 0.15) is 18.0 Å². The molecule has 100 valence electrons. The van der Waals surface area contributed by atoms with E-state index < -0.39 is 0 Å². The Morgan fingerprint density at radius 2 is 2.05 bits per heavy atom. The van der Waals surface area contributed by atoms with Crippen LogP contribution in [0.15, 0.2) is 29.0 Å². The van der Waals surface area contributed by atoms with Crippen LogP contribution in [0.3, 0.4) is 0 Å². The van der Waals surface area contributed by atoms with Gasteiger partial charge in [-0.05, 0) is 40.0 Å². The molecule has 3 N–H and O–H groups in total. The van der Waals surface area contributed by atoms with Crippen LogP contribution in [-0.4, -0.2) is 9.97 Å². The molecular formula is C13H14BrClN4. The van der Waals surface area contributed by atoms with Crippen LogP contribution in [0.1, 0.15) is 25.3 Å². The minimum atomic E-state index is 0.231. The largest absolute Gasteiger partial charge is 0.383 e. The molecule has 0 saturated carbocycles. The summed E-state index contributed by atoms with van der Waals surface area (Å²) >= 11 is 9.39. The Hall–Kier alpha value is -1.33.